The number of aliphatic hydroxyl groups excluding tert-OH is 1. The number of quaternary nitrogens is 1. The van der Waals surface area contributed by atoms with E-state index in [1.54, 1.807) is 6.08 Å². The number of hydrogen-bond acceptors (Lipinski definition) is 6. The molecule has 8 heteroatoms. The molecule has 156 valence electrons. The number of unbranched alkanes of at least 4 members (excludes halogenated alkanes) is 4. The standard InChI is InChI=1S/C19H33NO7/c1-20(2,3)14-16(13-18(24)25)27-19(26)12-15(21)10-8-6-4-5-7-9-11-17(22)23/h8,10,15-16,21H,4-7,9,11-14H2,1-3H3,(H-,22,23,24,25)/b10-8+. The van der Waals surface area contributed by atoms with Crippen LogP contribution < -0.4 is 5.11 Å². The molecule has 0 heterocycles. The van der Waals surface area contributed by atoms with Crippen LogP contribution in [0.15, 0.2) is 12.2 Å². The van der Waals surface area contributed by atoms with Crippen molar-refractivity contribution in [2.45, 2.75) is 63.6 Å². The van der Waals surface area contributed by atoms with Crippen molar-refractivity contribution in [3.05, 3.63) is 12.2 Å². The highest BCUT2D eigenvalue weighted by atomic mass is 16.5. The first-order valence-electron chi connectivity index (χ1n) is 9.26. The van der Waals surface area contributed by atoms with Crippen LogP contribution in [0.4, 0.5) is 0 Å². The van der Waals surface area contributed by atoms with Crippen LogP contribution in [0.25, 0.3) is 0 Å². The van der Waals surface area contributed by atoms with Crippen LogP contribution in [0.1, 0.15) is 51.4 Å². The molecule has 0 aliphatic carbocycles. The zero-order valence-electron chi connectivity index (χ0n) is 16.6. The van der Waals surface area contributed by atoms with Gasteiger partial charge in [-0.05, 0) is 19.3 Å². The number of aliphatic carboxylic acids is 2. The molecule has 0 aromatic heterocycles. The molecule has 2 N–H and O–H groups in total. The SMILES string of the molecule is C[N+](C)(C)CC(CC(=O)[O-])OC(=O)CC(O)/C=C/CCCCCCC(=O)O. The van der Waals surface area contributed by atoms with Gasteiger partial charge in [-0.2, -0.15) is 0 Å². The Morgan fingerprint density at radius 3 is 2.26 bits per heavy atom. The molecule has 0 saturated heterocycles. The maximum Gasteiger partial charge on any atom is 0.309 e. The van der Waals surface area contributed by atoms with Gasteiger partial charge in [0.1, 0.15) is 6.54 Å². The summed E-state index contributed by atoms with van der Waals surface area (Å²) in [6, 6.07) is 0. The van der Waals surface area contributed by atoms with E-state index in [0.29, 0.717) is 17.4 Å². The molecule has 0 radical (unpaired) electrons. The van der Waals surface area contributed by atoms with Crippen LogP contribution in [0, 0.1) is 0 Å². The molecule has 0 aliphatic rings. The average molecular weight is 387 g/mol. The third-order valence-electron chi connectivity index (χ3n) is 3.69. The smallest absolute Gasteiger partial charge is 0.309 e. The molecule has 0 fully saturated rings. The first-order valence-corrected chi connectivity index (χ1v) is 9.26. The number of carboxylic acids is 2. The van der Waals surface area contributed by atoms with Gasteiger partial charge in [-0.25, -0.2) is 0 Å². The van der Waals surface area contributed by atoms with Crippen LogP contribution in [0.3, 0.4) is 0 Å². The number of nitrogens with zero attached hydrogens (tertiary/aromatic N) is 1. The summed E-state index contributed by atoms with van der Waals surface area (Å²) in [6.07, 6.45) is 5.10. The fourth-order valence-corrected chi connectivity index (χ4v) is 2.56. The minimum absolute atomic E-state index is 0.184. The molecular formula is C19H33NO7. The van der Waals surface area contributed by atoms with Gasteiger partial charge in [-0.3, -0.25) is 9.59 Å². The number of carboxylic acid groups (broad SMARTS) is 2. The predicted molar refractivity (Wildman–Crippen MR) is 97.5 cm³/mol. The number of aliphatic hydroxyl groups is 1. The number of esters is 1. The van der Waals surface area contributed by atoms with E-state index in [4.69, 9.17) is 9.84 Å². The van der Waals surface area contributed by atoms with Crippen molar-refractivity contribution < 1.29 is 38.9 Å². The summed E-state index contributed by atoms with van der Waals surface area (Å²) in [5, 5.41) is 29.2. The molecule has 0 amide bonds. The maximum absolute atomic E-state index is 11.9. The quantitative estimate of drug-likeness (QED) is 0.181. The van der Waals surface area contributed by atoms with E-state index >= 15 is 0 Å². The lowest BCUT2D eigenvalue weighted by molar-refractivity contribution is -0.873. The Kier molecular flexibility index (Phi) is 12.3. The lowest BCUT2D eigenvalue weighted by atomic mass is 10.1. The fraction of sp³-hybridized carbons (Fsp3) is 0.737. The van der Waals surface area contributed by atoms with Crippen LogP contribution >= 0.6 is 0 Å². The van der Waals surface area contributed by atoms with Crippen molar-refractivity contribution in [1.82, 2.24) is 0 Å². The monoisotopic (exact) mass is 387 g/mol. The van der Waals surface area contributed by atoms with E-state index in [1.807, 2.05) is 21.1 Å². The Labute approximate surface area is 161 Å². The number of ether oxygens (including phenoxy) is 1. The van der Waals surface area contributed by atoms with Crippen molar-refractivity contribution in [2.24, 2.45) is 0 Å². The molecule has 0 aromatic carbocycles. The van der Waals surface area contributed by atoms with E-state index in [2.05, 4.69) is 0 Å². The average Bonchev–Trinajstić information content (AvgIpc) is 2.46. The van der Waals surface area contributed by atoms with E-state index in [1.165, 1.54) is 6.08 Å². The summed E-state index contributed by atoms with van der Waals surface area (Å²) >= 11 is 0. The van der Waals surface area contributed by atoms with Gasteiger partial charge in [0.05, 0.1) is 33.7 Å². The number of hydrogen-bond donors (Lipinski definition) is 2. The molecule has 0 bridgehead atoms. The predicted octanol–water partition coefficient (Wildman–Crippen LogP) is 0.477. The second kappa shape index (κ2) is 13.3. The summed E-state index contributed by atoms with van der Waals surface area (Å²) in [5.74, 6) is -2.72. The van der Waals surface area contributed by atoms with Gasteiger partial charge >= 0.3 is 11.9 Å². The van der Waals surface area contributed by atoms with Gasteiger partial charge in [0.25, 0.3) is 0 Å². The molecular weight excluding hydrogens is 354 g/mol. The first kappa shape index (κ1) is 25.1. The van der Waals surface area contributed by atoms with Gasteiger partial charge in [0.15, 0.2) is 6.10 Å². The summed E-state index contributed by atoms with van der Waals surface area (Å²) in [6.45, 7) is 0.327. The van der Waals surface area contributed by atoms with E-state index in [9.17, 15) is 24.6 Å². The Hall–Kier alpha value is -1.93. The number of allylic oxidation sites excluding steroid dienone is 1. The normalized spacial score (nSPS) is 14.1. The topological polar surface area (TPSA) is 124 Å². The Morgan fingerprint density at radius 1 is 1.07 bits per heavy atom. The number of carbonyl (C=O) groups excluding carboxylic acids is 2. The second-order valence-corrected chi connectivity index (χ2v) is 7.71. The van der Waals surface area contributed by atoms with E-state index < -0.39 is 30.1 Å². The van der Waals surface area contributed by atoms with Crippen LogP contribution in [-0.2, 0) is 19.1 Å². The highest BCUT2D eigenvalue weighted by Crippen LogP contribution is 2.09. The zero-order valence-corrected chi connectivity index (χ0v) is 16.6. The van der Waals surface area contributed by atoms with Gasteiger partial charge in [0.2, 0.25) is 0 Å². The molecule has 0 saturated carbocycles. The summed E-state index contributed by atoms with van der Waals surface area (Å²) in [5.41, 5.74) is 0. The molecule has 0 rings (SSSR count). The summed E-state index contributed by atoms with van der Waals surface area (Å²) in [4.78, 5) is 33.1. The second-order valence-electron chi connectivity index (χ2n) is 7.71. The number of likely N-dealkylation sites (N-methyl/N-ethyl adjacent to an activating group) is 1. The van der Waals surface area contributed by atoms with E-state index in [0.717, 1.165) is 25.7 Å². The highest BCUT2D eigenvalue weighted by Gasteiger charge is 2.23. The third-order valence-corrected chi connectivity index (χ3v) is 3.69. The zero-order chi connectivity index (χ0) is 20.9. The Bertz CT molecular complexity index is 497. The van der Waals surface area contributed by atoms with Crippen LogP contribution in [-0.4, -0.2) is 72.5 Å². The third kappa shape index (κ3) is 17.3. The minimum atomic E-state index is -1.29. The molecule has 8 nitrogen and oxygen atoms in total. The van der Waals surface area contributed by atoms with Gasteiger partial charge in [-0.15, -0.1) is 0 Å². The summed E-state index contributed by atoms with van der Waals surface area (Å²) in [7, 11) is 5.57. The maximum atomic E-state index is 11.9. The largest absolute Gasteiger partial charge is 0.550 e. The van der Waals surface area contributed by atoms with Gasteiger partial charge in [-0.1, -0.05) is 25.0 Å². The van der Waals surface area contributed by atoms with Crippen LogP contribution in [0.2, 0.25) is 0 Å². The number of rotatable bonds is 15. The molecule has 0 aliphatic heterocycles. The first-order chi connectivity index (χ1) is 12.5. The molecule has 0 spiro atoms. The minimum Gasteiger partial charge on any atom is -0.550 e. The van der Waals surface area contributed by atoms with Crippen molar-refractivity contribution in [3.63, 3.8) is 0 Å². The van der Waals surface area contributed by atoms with Gasteiger partial charge in [0, 0.05) is 18.8 Å². The molecule has 0 aromatic rings. The highest BCUT2D eigenvalue weighted by molar-refractivity contribution is 5.71. The van der Waals surface area contributed by atoms with Crippen molar-refractivity contribution in [1.29, 1.82) is 0 Å². The van der Waals surface area contributed by atoms with Crippen molar-refractivity contribution in [2.75, 3.05) is 27.7 Å². The Morgan fingerprint density at radius 2 is 1.70 bits per heavy atom. The summed E-state index contributed by atoms with van der Waals surface area (Å²) < 4.78 is 5.61. The molecule has 2 unspecified atom stereocenters. The lowest BCUT2D eigenvalue weighted by Gasteiger charge is -2.29. The van der Waals surface area contributed by atoms with Crippen molar-refractivity contribution in [3.8, 4) is 0 Å². The van der Waals surface area contributed by atoms with Gasteiger partial charge < -0.3 is 29.3 Å². The molecule has 2 atom stereocenters. The Balaban J connectivity index is 4.12. The number of carbonyl (C=O) groups is 3. The van der Waals surface area contributed by atoms with E-state index in [-0.39, 0.29) is 19.3 Å². The van der Waals surface area contributed by atoms with Crippen LogP contribution in [0.5, 0.6) is 0 Å². The lowest BCUT2D eigenvalue weighted by Crippen LogP contribution is -2.45. The van der Waals surface area contributed by atoms with Crippen molar-refractivity contribution >= 4 is 17.9 Å². The fourth-order valence-electron chi connectivity index (χ4n) is 2.56. The molecule has 27 heavy (non-hydrogen) atoms.